The van der Waals surface area contributed by atoms with Crippen molar-refractivity contribution in [1.82, 2.24) is 10.6 Å². The van der Waals surface area contributed by atoms with Crippen LogP contribution in [0.25, 0.3) is 0 Å². The molecule has 0 bridgehead atoms. The molecular weight excluding hydrogens is 363 g/mol. The molecule has 0 fully saturated rings. The molecule has 0 spiro atoms. The third-order valence-corrected chi connectivity index (χ3v) is 4.80. The topological polar surface area (TPSA) is 79.5 Å². The lowest BCUT2D eigenvalue weighted by molar-refractivity contribution is 0.100. The number of halogens is 1. The largest absolute Gasteiger partial charge is 0.366 e. The zero-order valence-electron chi connectivity index (χ0n) is 15.4. The van der Waals surface area contributed by atoms with Crippen LogP contribution < -0.4 is 16.4 Å². The second-order valence-electron chi connectivity index (χ2n) is 5.84. The van der Waals surface area contributed by atoms with Crippen LogP contribution in [0.2, 0.25) is 0 Å². The smallest absolute Gasteiger partial charge is 0.248 e. The highest BCUT2D eigenvalue weighted by atomic mass is 32.2. The van der Waals surface area contributed by atoms with Gasteiger partial charge in [0.2, 0.25) is 5.91 Å². The first-order valence-electron chi connectivity index (χ1n) is 8.87. The molecule has 0 saturated carbocycles. The molecule has 0 atom stereocenters. The average molecular weight is 389 g/mol. The first-order valence-corrected chi connectivity index (χ1v) is 9.86. The Bertz CT molecular complexity index is 748. The standard InChI is InChI=1S/C20H25FN4OS/c1-2-23-20(25-14-15-4-6-16(7-5-15)19(22)26)24-12-3-13-27-18-10-8-17(21)9-11-18/h4-11H,2-3,12-14H2,1H3,(H2,22,26)(H2,23,24,25). The molecule has 0 saturated heterocycles. The van der Waals surface area contributed by atoms with Crippen molar-refractivity contribution in [2.75, 3.05) is 18.8 Å². The van der Waals surface area contributed by atoms with Crippen LogP contribution in [0, 0.1) is 5.82 Å². The van der Waals surface area contributed by atoms with E-state index in [9.17, 15) is 9.18 Å². The average Bonchev–Trinajstić information content (AvgIpc) is 2.67. The summed E-state index contributed by atoms with van der Waals surface area (Å²) in [4.78, 5) is 16.7. The van der Waals surface area contributed by atoms with Crippen molar-refractivity contribution in [1.29, 1.82) is 0 Å². The van der Waals surface area contributed by atoms with Gasteiger partial charge in [0, 0.05) is 23.5 Å². The highest BCUT2D eigenvalue weighted by molar-refractivity contribution is 7.99. The van der Waals surface area contributed by atoms with Crippen LogP contribution in [0.15, 0.2) is 58.4 Å². The van der Waals surface area contributed by atoms with Crippen LogP contribution in [-0.2, 0) is 6.54 Å². The number of guanidine groups is 1. The van der Waals surface area contributed by atoms with Gasteiger partial charge >= 0.3 is 0 Å². The van der Waals surface area contributed by atoms with Crippen LogP contribution in [0.5, 0.6) is 0 Å². The van der Waals surface area contributed by atoms with Gasteiger partial charge in [0.1, 0.15) is 5.82 Å². The van der Waals surface area contributed by atoms with Crippen molar-refractivity contribution in [3.63, 3.8) is 0 Å². The number of carbonyl (C=O) groups is 1. The monoisotopic (exact) mass is 388 g/mol. The Morgan fingerprint density at radius 2 is 1.81 bits per heavy atom. The van der Waals surface area contributed by atoms with Gasteiger partial charge in [-0.1, -0.05) is 12.1 Å². The first kappa shape index (κ1) is 20.8. The number of rotatable bonds is 9. The quantitative estimate of drug-likeness (QED) is 0.267. The zero-order chi connectivity index (χ0) is 19.5. The molecule has 5 nitrogen and oxygen atoms in total. The van der Waals surface area contributed by atoms with Gasteiger partial charge in [0.25, 0.3) is 0 Å². The number of aliphatic imine (C=N–C) groups is 1. The number of nitrogens with one attached hydrogen (secondary N) is 2. The summed E-state index contributed by atoms with van der Waals surface area (Å²) in [5.74, 6) is 1.05. The summed E-state index contributed by atoms with van der Waals surface area (Å²) in [5, 5.41) is 6.52. The van der Waals surface area contributed by atoms with Crippen molar-refractivity contribution in [2.24, 2.45) is 10.7 Å². The summed E-state index contributed by atoms with van der Waals surface area (Å²) >= 11 is 1.70. The Balaban J connectivity index is 1.75. The lowest BCUT2D eigenvalue weighted by Gasteiger charge is -2.11. The van der Waals surface area contributed by atoms with Crippen molar-refractivity contribution in [3.8, 4) is 0 Å². The number of amides is 1. The molecule has 0 unspecified atom stereocenters. The molecule has 2 aromatic carbocycles. The van der Waals surface area contributed by atoms with Crippen LogP contribution in [0.1, 0.15) is 29.3 Å². The molecule has 144 valence electrons. The van der Waals surface area contributed by atoms with Crippen LogP contribution in [0.3, 0.4) is 0 Å². The number of hydrogen-bond acceptors (Lipinski definition) is 3. The van der Waals surface area contributed by atoms with E-state index in [1.165, 1.54) is 12.1 Å². The molecule has 27 heavy (non-hydrogen) atoms. The van der Waals surface area contributed by atoms with Gasteiger partial charge in [-0.2, -0.15) is 0 Å². The Morgan fingerprint density at radius 1 is 1.11 bits per heavy atom. The zero-order valence-corrected chi connectivity index (χ0v) is 16.2. The molecule has 2 aromatic rings. The summed E-state index contributed by atoms with van der Waals surface area (Å²) in [5.41, 5.74) is 6.74. The lowest BCUT2D eigenvalue weighted by atomic mass is 10.1. The van der Waals surface area contributed by atoms with Gasteiger partial charge in [-0.25, -0.2) is 9.38 Å². The molecule has 4 N–H and O–H groups in total. The second kappa shape index (κ2) is 11.2. The maximum atomic E-state index is 12.9. The van der Waals surface area contributed by atoms with Crippen molar-refractivity contribution in [3.05, 3.63) is 65.5 Å². The molecule has 0 aromatic heterocycles. The number of benzene rings is 2. The van der Waals surface area contributed by atoms with E-state index in [2.05, 4.69) is 15.6 Å². The Hall–Kier alpha value is -2.54. The maximum Gasteiger partial charge on any atom is 0.248 e. The molecular formula is C20H25FN4OS. The molecule has 0 aliphatic rings. The minimum absolute atomic E-state index is 0.211. The number of nitrogens with zero attached hydrogens (tertiary/aromatic N) is 1. The minimum Gasteiger partial charge on any atom is -0.366 e. The second-order valence-corrected chi connectivity index (χ2v) is 7.01. The highest BCUT2D eigenvalue weighted by Crippen LogP contribution is 2.18. The fraction of sp³-hybridized carbons (Fsp3) is 0.300. The van der Waals surface area contributed by atoms with E-state index in [1.54, 1.807) is 36.0 Å². The number of nitrogens with two attached hydrogens (primary N) is 1. The molecule has 7 heteroatoms. The maximum absolute atomic E-state index is 12.9. The van der Waals surface area contributed by atoms with E-state index in [1.807, 2.05) is 19.1 Å². The predicted octanol–water partition coefficient (Wildman–Crippen LogP) is 3.16. The predicted molar refractivity (Wildman–Crippen MR) is 110 cm³/mol. The normalized spacial score (nSPS) is 11.3. The number of primary amides is 1. The fourth-order valence-electron chi connectivity index (χ4n) is 2.29. The fourth-order valence-corrected chi connectivity index (χ4v) is 3.14. The summed E-state index contributed by atoms with van der Waals surface area (Å²) in [6.07, 6.45) is 0.958. The summed E-state index contributed by atoms with van der Waals surface area (Å²) < 4.78 is 12.9. The van der Waals surface area contributed by atoms with Gasteiger partial charge < -0.3 is 16.4 Å². The van der Waals surface area contributed by atoms with E-state index in [4.69, 9.17) is 5.73 Å². The Labute approximate surface area is 163 Å². The summed E-state index contributed by atoms with van der Waals surface area (Å²) in [6.45, 7) is 4.10. The molecule has 0 heterocycles. The first-order chi connectivity index (χ1) is 13.1. The highest BCUT2D eigenvalue weighted by Gasteiger charge is 2.01. The SMILES string of the molecule is CCNC(=NCc1ccc(C(N)=O)cc1)NCCCSc1ccc(F)cc1. The molecule has 0 aliphatic carbocycles. The van der Waals surface area contributed by atoms with Gasteiger partial charge in [-0.05, 0) is 61.1 Å². The van der Waals surface area contributed by atoms with Crippen LogP contribution in [0.4, 0.5) is 4.39 Å². The number of hydrogen-bond donors (Lipinski definition) is 3. The molecule has 1 amide bonds. The Morgan fingerprint density at radius 3 is 2.44 bits per heavy atom. The lowest BCUT2D eigenvalue weighted by Crippen LogP contribution is -2.37. The summed E-state index contributed by atoms with van der Waals surface area (Å²) in [6, 6.07) is 13.7. The van der Waals surface area contributed by atoms with E-state index in [0.29, 0.717) is 12.1 Å². The van der Waals surface area contributed by atoms with E-state index < -0.39 is 5.91 Å². The van der Waals surface area contributed by atoms with Gasteiger partial charge in [0.05, 0.1) is 6.54 Å². The van der Waals surface area contributed by atoms with E-state index in [0.717, 1.165) is 41.7 Å². The third-order valence-electron chi connectivity index (χ3n) is 3.70. The molecule has 2 rings (SSSR count). The van der Waals surface area contributed by atoms with E-state index in [-0.39, 0.29) is 5.82 Å². The van der Waals surface area contributed by atoms with Crippen molar-refractivity contribution < 1.29 is 9.18 Å². The summed E-state index contributed by atoms with van der Waals surface area (Å²) in [7, 11) is 0. The van der Waals surface area contributed by atoms with Gasteiger partial charge in [0.15, 0.2) is 5.96 Å². The molecule has 0 radical (unpaired) electrons. The van der Waals surface area contributed by atoms with Gasteiger partial charge in [-0.3, -0.25) is 4.79 Å². The van der Waals surface area contributed by atoms with Crippen molar-refractivity contribution >= 4 is 23.6 Å². The Kier molecular flexibility index (Phi) is 8.64. The van der Waals surface area contributed by atoms with E-state index >= 15 is 0 Å². The van der Waals surface area contributed by atoms with Crippen LogP contribution in [-0.4, -0.2) is 30.7 Å². The number of carbonyl (C=O) groups excluding carboxylic acids is 1. The van der Waals surface area contributed by atoms with Crippen molar-refractivity contribution in [2.45, 2.75) is 24.8 Å². The minimum atomic E-state index is -0.432. The third kappa shape index (κ3) is 7.70. The van der Waals surface area contributed by atoms with Crippen LogP contribution >= 0.6 is 11.8 Å². The van der Waals surface area contributed by atoms with Gasteiger partial charge in [-0.15, -0.1) is 11.8 Å². The molecule has 0 aliphatic heterocycles. The number of thioether (sulfide) groups is 1.